The quantitative estimate of drug-likeness (QED) is 0.617. The second-order valence-corrected chi connectivity index (χ2v) is 2.32. The van der Waals surface area contributed by atoms with Crippen molar-refractivity contribution < 1.29 is 4.52 Å². The monoisotopic (exact) mass is 153 g/mol. The second kappa shape index (κ2) is 2.18. The van der Waals surface area contributed by atoms with E-state index in [1.807, 2.05) is 5.38 Å². The molecule has 0 aliphatic heterocycles. The van der Waals surface area contributed by atoms with Crippen molar-refractivity contribution in [3.63, 3.8) is 0 Å². The molecule has 10 heavy (non-hydrogen) atoms. The first kappa shape index (κ1) is 5.55. The molecule has 0 N–H and O–H groups in total. The van der Waals surface area contributed by atoms with Gasteiger partial charge in [-0.1, -0.05) is 5.16 Å². The summed E-state index contributed by atoms with van der Waals surface area (Å²) in [7, 11) is 0. The SMILES string of the molecule is c1noc(-c2cnsc2)n1. The minimum Gasteiger partial charge on any atom is -0.334 e. The lowest BCUT2D eigenvalue weighted by Crippen LogP contribution is -1.68. The fourth-order valence-corrected chi connectivity index (χ4v) is 1.12. The van der Waals surface area contributed by atoms with E-state index in [4.69, 9.17) is 4.52 Å². The van der Waals surface area contributed by atoms with E-state index in [1.165, 1.54) is 17.9 Å². The third-order valence-corrected chi connectivity index (χ3v) is 1.63. The molecule has 2 aromatic heterocycles. The molecule has 0 bridgehead atoms. The van der Waals surface area contributed by atoms with E-state index in [0.29, 0.717) is 5.89 Å². The van der Waals surface area contributed by atoms with Gasteiger partial charge in [-0.25, -0.2) is 4.37 Å². The van der Waals surface area contributed by atoms with Gasteiger partial charge in [0.15, 0.2) is 6.33 Å². The van der Waals surface area contributed by atoms with Gasteiger partial charge in [-0.15, -0.1) is 0 Å². The van der Waals surface area contributed by atoms with Crippen LogP contribution >= 0.6 is 11.5 Å². The smallest absolute Gasteiger partial charge is 0.260 e. The van der Waals surface area contributed by atoms with E-state index in [0.717, 1.165) is 5.56 Å². The van der Waals surface area contributed by atoms with E-state index in [2.05, 4.69) is 14.5 Å². The lowest BCUT2D eigenvalue weighted by atomic mass is 10.4. The molecular formula is C5H3N3OS. The first-order valence-corrected chi connectivity index (χ1v) is 3.47. The molecule has 5 heteroatoms. The van der Waals surface area contributed by atoms with Crippen molar-refractivity contribution in [2.45, 2.75) is 0 Å². The fourth-order valence-electron chi connectivity index (χ4n) is 0.611. The Morgan fingerprint density at radius 1 is 1.50 bits per heavy atom. The molecule has 0 amide bonds. The van der Waals surface area contributed by atoms with E-state index in [9.17, 15) is 0 Å². The summed E-state index contributed by atoms with van der Waals surface area (Å²) in [6.45, 7) is 0. The highest BCUT2D eigenvalue weighted by molar-refractivity contribution is 7.03. The highest BCUT2D eigenvalue weighted by Crippen LogP contribution is 2.15. The predicted molar refractivity (Wildman–Crippen MR) is 35.4 cm³/mol. The second-order valence-electron chi connectivity index (χ2n) is 1.66. The Kier molecular flexibility index (Phi) is 1.21. The summed E-state index contributed by atoms with van der Waals surface area (Å²) < 4.78 is 8.68. The molecule has 0 aliphatic rings. The Balaban J connectivity index is 2.48. The summed E-state index contributed by atoms with van der Waals surface area (Å²) in [5.41, 5.74) is 0.877. The first-order valence-electron chi connectivity index (χ1n) is 2.63. The molecule has 0 aliphatic carbocycles. The van der Waals surface area contributed by atoms with E-state index in [-0.39, 0.29) is 0 Å². The number of nitrogens with zero attached hydrogens (tertiary/aromatic N) is 3. The molecule has 0 radical (unpaired) electrons. The van der Waals surface area contributed by atoms with Crippen LogP contribution in [0.2, 0.25) is 0 Å². The highest BCUT2D eigenvalue weighted by Gasteiger charge is 2.02. The predicted octanol–water partition coefficient (Wildman–Crippen LogP) is 1.19. The van der Waals surface area contributed by atoms with Crippen molar-refractivity contribution in [1.29, 1.82) is 0 Å². The van der Waals surface area contributed by atoms with Crippen LogP contribution < -0.4 is 0 Å². The average molecular weight is 153 g/mol. The van der Waals surface area contributed by atoms with E-state index in [1.54, 1.807) is 6.20 Å². The van der Waals surface area contributed by atoms with Crippen molar-refractivity contribution in [3.8, 4) is 11.5 Å². The van der Waals surface area contributed by atoms with Gasteiger partial charge in [-0.3, -0.25) is 0 Å². The molecule has 0 aromatic carbocycles. The lowest BCUT2D eigenvalue weighted by molar-refractivity contribution is 0.430. The third kappa shape index (κ3) is 0.801. The lowest BCUT2D eigenvalue weighted by Gasteiger charge is -1.79. The van der Waals surface area contributed by atoms with Crippen LogP contribution in [0.4, 0.5) is 0 Å². The van der Waals surface area contributed by atoms with Gasteiger partial charge in [-0.2, -0.15) is 4.98 Å². The van der Waals surface area contributed by atoms with Gasteiger partial charge in [-0.05, 0) is 11.5 Å². The van der Waals surface area contributed by atoms with Gasteiger partial charge in [0, 0.05) is 5.38 Å². The van der Waals surface area contributed by atoms with Crippen LogP contribution in [-0.2, 0) is 0 Å². The molecule has 0 saturated heterocycles. The maximum absolute atomic E-state index is 4.78. The average Bonchev–Trinajstić information content (AvgIpc) is 2.59. The van der Waals surface area contributed by atoms with Gasteiger partial charge >= 0.3 is 0 Å². The zero-order chi connectivity index (χ0) is 6.81. The van der Waals surface area contributed by atoms with Crippen molar-refractivity contribution in [1.82, 2.24) is 14.5 Å². The van der Waals surface area contributed by atoms with Gasteiger partial charge in [0.25, 0.3) is 5.89 Å². The summed E-state index contributed by atoms with van der Waals surface area (Å²) in [5, 5.41) is 5.32. The molecule has 2 rings (SSSR count). The van der Waals surface area contributed by atoms with Crippen LogP contribution in [0, 0.1) is 0 Å². The molecule has 2 heterocycles. The zero-order valence-electron chi connectivity index (χ0n) is 4.89. The summed E-state index contributed by atoms with van der Waals surface area (Å²) in [4.78, 5) is 3.85. The molecule has 50 valence electrons. The van der Waals surface area contributed by atoms with Crippen molar-refractivity contribution >= 4 is 11.5 Å². The van der Waals surface area contributed by atoms with Crippen molar-refractivity contribution in [3.05, 3.63) is 17.9 Å². The molecule has 4 nitrogen and oxygen atoms in total. The summed E-state index contributed by atoms with van der Waals surface area (Å²) in [6, 6.07) is 0. The highest BCUT2D eigenvalue weighted by atomic mass is 32.1. The molecule has 0 saturated carbocycles. The zero-order valence-corrected chi connectivity index (χ0v) is 5.71. The van der Waals surface area contributed by atoms with Crippen LogP contribution in [0.5, 0.6) is 0 Å². The maximum Gasteiger partial charge on any atom is 0.260 e. The minimum absolute atomic E-state index is 0.522. The Morgan fingerprint density at radius 2 is 2.50 bits per heavy atom. The Hall–Kier alpha value is -1.23. The number of rotatable bonds is 1. The molecule has 0 atom stereocenters. The Morgan fingerprint density at radius 3 is 3.10 bits per heavy atom. The van der Waals surface area contributed by atoms with Crippen LogP contribution in [0.25, 0.3) is 11.5 Å². The van der Waals surface area contributed by atoms with E-state index >= 15 is 0 Å². The van der Waals surface area contributed by atoms with Crippen molar-refractivity contribution in [2.75, 3.05) is 0 Å². The van der Waals surface area contributed by atoms with Crippen LogP contribution in [0.3, 0.4) is 0 Å². The summed E-state index contributed by atoms with van der Waals surface area (Å²) >= 11 is 1.36. The van der Waals surface area contributed by atoms with Gasteiger partial charge in [0.1, 0.15) is 0 Å². The molecule has 0 fully saturated rings. The maximum atomic E-state index is 4.78. The largest absolute Gasteiger partial charge is 0.334 e. The Labute approximate surface area is 60.7 Å². The van der Waals surface area contributed by atoms with Crippen LogP contribution in [-0.4, -0.2) is 14.5 Å². The third-order valence-electron chi connectivity index (χ3n) is 1.04. The summed E-state index contributed by atoms with van der Waals surface area (Å²) in [5.74, 6) is 0.522. The first-order chi connectivity index (χ1) is 4.97. The summed E-state index contributed by atoms with van der Waals surface area (Å²) in [6.07, 6.45) is 3.06. The number of aromatic nitrogens is 3. The van der Waals surface area contributed by atoms with Gasteiger partial charge < -0.3 is 4.52 Å². The molecule has 0 unspecified atom stereocenters. The molecular weight excluding hydrogens is 150 g/mol. The van der Waals surface area contributed by atoms with Crippen LogP contribution in [0.15, 0.2) is 22.4 Å². The fraction of sp³-hybridized carbons (Fsp3) is 0. The number of hydrogen-bond acceptors (Lipinski definition) is 5. The topological polar surface area (TPSA) is 51.8 Å². The minimum atomic E-state index is 0.522. The normalized spacial score (nSPS) is 10.0. The Bertz CT molecular complexity index is 256. The van der Waals surface area contributed by atoms with Gasteiger partial charge in [0.2, 0.25) is 0 Å². The van der Waals surface area contributed by atoms with Crippen LogP contribution in [0.1, 0.15) is 0 Å². The molecule has 0 spiro atoms. The van der Waals surface area contributed by atoms with Crippen molar-refractivity contribution in [2.24, 2.45) is 0 Å². The van der Waals surface area contributed by atoms with Gasteiger partial charge in [0.05, 0.1) is 11.8 Å². The number of hydrogen-bond donors (Lipinski definition) is 0. The molecule has 2 aromatic rings. The standard InChI is InChI=1S/C5H3N3OS/c1-4(2-10-8-1)5-6-3-7-9-5/h1-3H. The van der Waals surface area contributed by atoms with E-state index < -0.39 is 0 Å².